The number of sulfonamides is 1. The Kier molecular flexibility index (Phi) is 6.12. The van der Waals surface area contributed by atoms with Crippen molar-refractivity contribution in [2.24, 2.45) is 28.9 Å². The van der Waals surface area contributed by atoms with Crippen molar-refractivity contribution in [2.75, 3.05) is 6.54 Å². The predicted octanol–water partition coefficient (Wildman–Crippen LogP) is 2.87. The molecule has 8 nitrogen and oxygen atoms in total. The van der Waals surface area contributed by atoms with Crippen molar-refractivity contribution in [2.45, 2.75) is 68.7 Å². The number of carbonyl (C=O) groups is 2. The Morgan fingerprint density at radius 2 is 1.89 bits per heavy atom. The van der Waals surface area contributed by atoms with Gasteiger partial charge in [-0.15, -0.1) is 0 Å². The zero-order valence-corrected chi connectivity index (χ0v) is 20.9. The fraction of sp³-hybridized carbons (Fsp3) is 0.577. The lowest BCUT2D eigenvalue weighted by molar-refractivity contribution is -0.136. The Labute approximate surface area is 206 Å². The maximum atomic E-state index is 13.4. The van der Waals surface area contributed by atoms with E-state index in [1.807, 2.05) is 12.1 Å². The molecular weight excluding hydrogens is 464 g/mol. The van der Waals surface area contributed by atoms with E-state index in [9.17, 15) is 18.0 Å². The van der Waals surface area contributed by atoms with Crippen LogP contribution in [0.2, 0.25) is 0 Å². The van der Waals surface area contributed by atoms with Crippen LogP contribution in [0.1, 0.15) is 58.3 Å². The van der Waals surface area contributed by atoms with E-state index < -0.39 is 21.0 Å². The first-order valence-electron chi connectivity index (χ1n) is 12.6. The maximum Gasteiger partial charge on any atom is 0.243 e. The topological polar surface area (TPSA) is 131 Å². The number of benzene rings is 1. The number of rotatable bonds is 7. The number of pyridine rings is 1. The number of hydrogen-bond acceptors (Lipinski definition) is 5. The molecule has 2 amide bonds. The third kappa shape index (κ3) is 4.44. The molecule has 2 aromatic rings. The first-order valence-corrected chi connectivity index (χ1v) is 14.1. The molecule has 5 rings (SSSR count). The van der Waals surface area contributed by atoms with Crippen molar-refractivity contribution < 1.29 is 18.0 Å². The number of fused-ring (bicyclic) bond motifs is 3. The van der Waals surface area contributed by atoms with E-state index in [2.05, 4.69) is 21.9 Å². The smallest absolute Gasteiger partial charge is 0.243 e. The minimum Gasteiger partial charge on any atom is -0.369 e. The zero-order chi connectivity index (χ0) is 24.8. The molecule has 0 radical (unpaired) electrons. The molecule has 3 aliphatic rings. The molecule has 0 saturated heterocycles. The highest BCUT2D eigenvalue weighted by molar-refractivity contribution is 7.89. The van der Waals surface area contributed by atoms with Crippen LogP contribution in [0.5, 0.6) is 0 Å². The first-order chi connectivity index (χ1) is 16.6. The van der Waals surface area contributed by atoms with Crippen molar-refractivity contribution in [3.05, 3.63) is 36.5 Å². The highest BCUT2D eigenvalue weighted by Gasteiger charge is 2.50. The number of nitrogens with two attached hydrogens (primary N) is 1. The second-order valence-electron chi connectivity index (χ2n) is 11.1. The van der Waals surface area contributed by atoms with Crippen LogP contribution < -0.4 is 15.8 Å². The van der Waals surface area contributed by atoms with Crippen LogP contribution in [0, 0.1) is 23.2 Å². The van der Waals surface area contributed by atoms with Crippen molar-refractivity contribution in [3.63, 3.8) is 0 Å². The zero-order valence-electron chi connectivity index (χ0n) is 20.1. The van der Waals surface area contributed by atoms with Crippen LogP contribution in [0.3, 0.4) is 0 Å². The third-order valence-electron chi connectivity index (χ3n) is 8.43. The molecule has 1 aromatic heterocycles. The molecule has 3 saturated carbocycles. The van der Waals surface area contributed by atoms with E-state index >= 15 is 0 Å². The van der Waals surface area contributed by atoms with Gasteiger partial charge in [0.1, 0.15) is 10.4 Å². The Morgan fingerprint density at radius 3 is 2.60 bits per heavy atom. The summed E-state index contributed by atoms with van der Waals surface area (Å²) in [4.78, 5) is 30.0. The summed E-state index contributed by atoms with van der Waals surface area (Å²) in [5.41, 5.74) is 4.60. The van der Waals surface area contributed by atoms with Crippen molar-refractivity contribution in [1.29, 1.82) is 0 Å². The summed E-state index contributed by atoms with van der Waals surface area (Å²) < 4.78 is 29.4. The molecule has 3 fully saturated rings. The Morgan fingerprint density at radius 1 is 1.11 bits per heavy atom. The molecule has 2 bridgehead atoms. The van der Waals surface area contributed by atoms with Crippen LogP contribution in [-0.2, 0) is 19.6 Å². The second-order valence-corrected chi connectivity index (χ2v) is 12.8. The molecule has 4 atom stereocenters. The van der Waals surface area contributed by atoms with Gasteiger partial charge >= 0.3 is 0 Å². The molecule has 188 valence electrons. The summed E-state index contributed by atoms with van der Waals surface area (Å²) in [6, 6.07) is 8.59. The average molecular weight is 499 g/mol. The largest absolute Gasteiger partial charge is 0.369 e. The van der Waals surface area contributed by atoms with Gasteiger partial charge in [0.2, 0.25) is 21.8 Å². The van der Waals surface area contributed by atoms with Crippen molar-refractivity contribution in [1.82, 2.24) is 15.0 Å². The van der Waals surface area contributed by atoms with Crippen LogP contribution in [0.15, 0.2) is 41.4 Å². The molecule has 0 spiro atoms. The summed E-state index contributed by atoms with van der Waals surface area (Å²) in [6.45, 7) is 2.61. The highest BCUT2D eigenvalue weighted by atomic mass is 32.2. The van der Waals surface area contributed by atoms with Gasteiger partial charge in [-0.05, 0) is 81.3 Å². The normalized spacial score (nSPS) is 29.8. The van der Waals surface area contributed by atoms with E-state index in [0.29, 0.717) is 43.2 Å². The van der Waals surface area contributed by atoms with E-state index in [0.717, 1.165) is 37.5 Å². The Balaban J connectivity index is 1.30. The predicted molar refractivity (Wildman–Crippen MR) is 133 cm³/mol. The average Bonchev–Trinajstić information content (AvgIpc) is 2.78. The molecular formula is C26H34N4O4S. The van der Waals surface area contributed by atoms with Gasteiger partial charge in [-0.3, -0.25) is 14.6 Å². The summed E-state index contributed by atoms with van der Waals surface area (Å²) in [5, 5.41) is 3.75. The van der Waals surface area contributed by atoms with Crippen LogP contribution in [-0.4, -0.2) is 37.3 Å². The monoisotopic (exact) mass is 498 g/mol. The van der Waals surface area contributed by atoms with Gasteiger partial charge < -0.3 is 11.1 Å². The summed E-state index contributed by atoms with van der Waals surface area (Å²) in [6.07, 6.45) is 7.63. The van der Waals surface area contributed by atoms with Gasteiger partial charge in [0.25, 0.3) is 0 Å². The molecule has 3 aliphatic carbocycles. The van der Waals surface area contributed by atoms with Gasteiger partial charge in [0, 0.05) is 23.5 Å². The molecule has 1 heterocycles. The number of nitrogens with zero attached hydrogens (tertiary/aromatic N) is 1. The Hall–Kier alpha value is -2.52. The molecule has 35 heavy (non-hydrogen) atoms. The van der Waals surface area contributed by atoms with E-state index in [4.69, 9.17) is 5.73 Å². The highest BCUT2D eigenvalue weighted by Crippen LogP contribution is 2.52. The lowest BCUT2D eigenvalue weighted by atomic mass is 9.56. The molecule has 4 unspecified atom stereocenters. The number of primary amides is 1. The van der Waals surface area contributed by atoms with Gasteiger partial charge in [0.05, 0.1) is 5.52 Å². The first kappa shape index (κ1) is 24.2. The molecule has 9 heteroatoms. The number of hydrogen-bond donors (Lipinski definition) is 3. The lowest BCUT2D eigenvalue weighted by Crippen LogP contribution is -2.63. The molecule has 1 aromatic carbocycles. The second kappa shape index (κ2) is 8.85. The van der Waals surface area contributed by atoms with Gasteiger partial charge in [-0.25, -0.2) is 8.42 Å². The molecule has 4 N–H and O–H groups in total. The number of amides is 2. The summed E-state index contributed by atoms with van der Waals surface area (Å²) in [7, 11) is -3.97. The lowest BCUT2D eigenvalue weighted by Gasteiger charge is -2.49. The van der Waals surface area contributed by atoms with E-state index in [1.54, 1.807) is 18.3 Å². The van der Waals surface area contributed by atoms with Crippen LogP contribution in [0.4, 0.5) is 0 Å². The standard InChI is InChI=1S/C26H34N4O4S/c1-17-11-18-12-19(15-25(13-17,14-18)23(27)31)16-29-24(32)26(8-4-9-26)30-35(33,34)21-7-2-5-20-6-3-10-28-22(20)21/h2-3,5-7,10,17-19,30H,4,8-9,11-16H2,1H3,(H2,27,31)(H,29,32). The Bertz CT molecular complexity index is 1250. The van der Waals surface area contributed by atoms with Crippen LogP contribution >= 0.6 is 0 Å². The third-order valence-corrected chi connectivity index (χ3v) is 10.00. The minimum absolute atomic E-state index is 0.0762. The minimum atomic E-state index is -3.97. The summed E-state index contributed by atoms with van der Waals surface area (Å²) in [5.74, 6) is 0.563. The van der Waals surface area contributed by atoms with E-state index in [1.165, 1.54) is 6.07 Å². The van der Waals surface area contributed by atoms with Gasteiger partial charge in [-0.2, -0.15) is 4.72 Å². The number of para-hydroxylation sites is 1. The fourth-order valence-corrected chi connectivity index (χ4v) is 8.47. The van der Waals surface area contributed by atoms with Gasteiger partial charge in [0.15, 0.2) is 0 Å². The molecule has 0 aliphatic heterocycles. The maximum absolute atomic E-state index is 13.4. The summed E-state index contributed by atoms with van der Waals surface area (Å²) >= 11 is 0. The van der Waals surface area contributed by atoms with Gasteiger partial charge in [-0.1, -0.05) is 25.1 Å². The van der Waals surface area contributed by atoms with Crippen LogP contribution in [0.25, 0.3) is 10.9 Å². The van der Waals surface area contributed by atoms with E-state index in [-0.39, 0.29) is 22.6 Å². The number of aromatic nitrogens is 1. The van der Waals surface area contributed by atoms with Crippen molar-refractivity contribution >= 4 is 32.7 Å². The fourth-order valence-electron chi connectivity index (χ4n) is 6.87. The quantitative estimate of drug-likeness (QED) is 0.540. The SMILES string of the molecule is CC1CC2CC(CNC(=O)C3(NS(=O)(=O)c4cccc5cccnc45)CCC3)CC(C(N)=O)(C1)C2. The number of carbonyl (C=O) groups excluding carboxylic acids is 2. The number of nitrogens with one attached hydrogen (secondary N) is 2. The van der Waals surface area contributed by atoms with Crippen molar-refractivity contribution in [3.8, 4) is 0 Å².